The molecular weight excluding hydrogens is 399 g/mol. The van der Waals surface area contributed by atoms with E-state index in [0.29, 0.717) is 28.4 Å². The van der Waals surface area contributed by atoms with Crippen LogP contribution in [0.1, 0.15) is 41.1 Å². The van der Waals surface area contributed by atoms with Crippen molar-refractivity contribution in [2.24, 2.45) is 0 Å². The van der Waals surface area contributed by atoms with Crippen LogP contribution < -0.4 is 5.32 Å². The molecule has 0 unspecified atom stereocenters. The van der Waals surface area contributed by atoms with E-state index in [1.807, 2.05) is 6.92 Å². The van der Waals surface area contributed by atoms with Gasteiger partial charge in [0.25, 0.3) is 5.91 Å². The molecule has 0 spiro atoms. The number of carbonyl (C=O) groups excluding carboxylic acids is 2. The van der Waals surface area contributed by atoms with Gasteiger partial charge in [-0.05, 0) is 36.2 Å². The number of hydrogen-bond acceptors (Lipinski definition) is 3. The standard InChI is InChI=1S/C21H22ClFN2O2S/c1-2-3-11-24-19(26)18-13-28-21(14-7-6-8-15(23)12-14)25(18)20(27)16-9-4-5-10-17(16)22/h4-10,12,18,21H,2-3,11,13H2,1H3,(H,24,26)/t18-,21-/m1/s1. The van der Waals surface area contributed by atoms with E-state index in [1.165, 1.54) is 28.8 Å². The molecule has 0 saturated carbocycles. The molecule has 2 amide bonds. The highest BCUT2D eigenvalue weighted by molar-refractivity contribution is 7.99. The van der Waals surface area contributed by atoms with Crippen molar-refractivity contribution in [3.8, 4) is 0 Å². The molecule has 0 radical (unpaired) electrons. The fourth-order valence-corrected chi connectivity index (χ4v) is 4.79. The molecule has 1 heterocycles. The first-order valence-electron chi connectivity index (χ1n) is 9.25. The fourth-order valence-electron chi connectivity index (χ4n) is 3.15. The highest BCUT2D eigenvalue weighted by Gasteiger charge is 2.43. The van der Waals surface area contributed by atoms with E-state index >= 15 is 0 Å². The molecule has 7 heteroatoms. The number of thioether (sulfide) groups is 1. The molecule has 1 N–H and O–H groups in total. The summed E-state index contributed by atoms with van der Waals surface area (Å²) in [7, 11) is 0. The Balaban J connectivity index is 1.93. The number of nitrogens with zero attached hydrogens (tertiary/aromatic N) is 1. The molecule has 28 heavy (non-hydrogen) atoms. The molecule has 2 aromatic rings. The molecule has 2 atom stereocenters. The van der Waals surface area contributed by atoms with Crippen molar-refractivity contribution in [1.82, 2.24) is 10.2 Å². The smallest absolute Gasteiger partial charge is 0.257 e. The van der Waals surface area contributed by atoms with E-state index in [4.69, 9.17) is 11.6 Å². The predicted molar refractivity (Wildman–Crippen MR) is 111 cm³/mol. The Morgan fingerprint density at radius 2 is 2.04 bits per heavy atom. The van der Waals surface area contributed by atoms with Crippen LogP contribution >= 0.6 is 23.4 Å². The number of hydrogen-bond donors (Lipinski definition) is 1. The third-order valence-electron chi connectivity index (χ3n) is 4.61. The Morgan fingerprint density at radius 1 is 1.25 bits per heavy atom. The molecule has 4 nitrogen and oxygen atoms in total. The highest BCUT2D eigenvalue weighted by Crippen LogP contribution is 2.42. The number of amides is 2. The van der Waals surface area contributed by atoms with Crippen LogP contribution in [-0.2, 0) is 4.79 Å². The van der Waals surface area contributed by atoms with Gasteiger partial charge in [0.05, 0.1) is 10.6 Å². The summed E-state index contributed by atoms with van der Waals surface area (Å²) in [4.78, 5) is 27.6. The largest absolute Gasteiger partial charge is 0.354 e. The molecule has 0 bridgehead atoms. The van der Waals surface area contributed by atoms with Gasteiger partial charge in [0, 0.05) is 12.3 Å². The minimum absolute atomic E-state index is 0.194. The normalized spacial score (nSPS) is 18.9. The van der Waals surface area contributed by atoms with Gasteiger partial charge in [0.2, 0.25) is 5.91 Å². The lowest BCUT2D eigenvalue weighted by atomic mass is 10.1. The topological polar surface area (TPSA) is 49.4 Å². The number of halogens is 2. The van der Waals surface area contributed by atoms with E-state index in [1.54, 1.807) is 36.4 Å². The molecular formula is C21H22ClFN2O2S. The summed E-state index contributed by atoms with van der Waals surface area (Å²) in [5.41, 5.74) is 0.980. The van der Waals surface area contributed by atoms with Crippen molar-refractivity contribution in [1.29, 1.82) is 0 Å². The maximum absolute atomic E-state index is 13.8. The predicted octanol–water partition coefficient (Wildman–Crippen LogP) is 4.65. The van der Waals surface area contributed by atoms with Crippen LogP contribution in [0.4, 0.5) is 4.39 Å². The van der Waals surface area contributed by atoms with Crippen molar-refractivity contribution < 1.29 is 14.0 Å². The van der Waals surface area contributed by atoms with Crippen LogP contribution in [0.15, 0.2) is 48.5 Å². The van der Waals surface area contributed by atoms with E-state index in [9.17, 15) is 14.0 Å². The number of unbranched alkanes of at least 4 members (excludes halogenated alkanes) is 1. The first-order chi connectivity index (χ1) is 13.5. The average Bonchev–Trinajstić information content (AvgIpc) is 3.13. The second-order valence-electron chi connectivity index (χ2n) is 6.59. The van der Waals surface area contributed by atoms with Gasteiger partial charge >= 0.3 is 0 Å². The van der Waals surface area contributed by atoms with Crippen LogP contribution in [0, 0.1) is 5.82 Å². The monoisotopic (exact) mass is 420 g/mol. The number of carbonyl (C=O) groups is 2. The summed E-state index contributed by atoms with van der Waals surface area (Å²) in [5.74, 6) is -0.463. The first kappa shape index (κ1) is 20.7. The highest BCUT2D eigenvalue weighted by atomic mass is 35.5. The van der Waals surface area contributed by atoms with Crippen LogP contribution in [0.2, 0.25) is 5.02 Å². The second kappa shape index (κ2) is 9.43. The Bertz CT molecular complexity index is 864. The molecule has 1 saturated heterocycles. The summed E-state index contributed by atoms with van der Waals surface area (Å²) < 4.78 is 13.8. The Hall–Kier alpha value is -2.05. The number of rotatable bonds is 6. The average molecular weight is 421 g/mol. The lowest BCUT2D eigenvalue weighted by molar-refractivity contribution is -0.124. The second-order valence-corrected chi connectivity index (χ2v) is 8.11. The molecule has 1 aliphatic rings. The van der Waals surface area contributed by atoms with Crippen LogP contribution in [0.3, 0.4) is 0 Å². The van der Waals surface area contributed by atoms with E-state index in [2.05, 4.69) is 5.32 Å². The zero-order valence-electron chi connectivity index (χ0n) is 15.5. The Morgan fingerprint density at radius 3 is 2.75 bits per heavy atom. The summed E-state index contributed by atoms with van der Waals surface area (Å²) >= 11 is 7.68. The van der Waals surface area contributed by atoms with Crippen molar-refractivity contribution in [3.05, 3.63) is 70.5 Å². The number of nitrogens with one attached hydrogen (secondary N) is 1. The van der Waals surface area contributed by atoms with Gasteiger partial charge in [0.15, 0.2) is 0 Å². The SMILES string of the molecule is CCCCNC(=O)[C@H]1CS[C@H](c2cccc(F)c2)N1C(=O)c1ccccc1Cl. The summed E-state index contributed by atoms with van der Waals surface area (Å²) in [5, 5.41) is 2.78. The molecule has 0 aromatic heterocycles. The maximum atomic E-state index is 13.8. The Labute approximate surface area is 173 Å². The quantitative estimate of drug-likeness (QED) is 0.692. The first-order valence-corrected chi connectivity index (χ1v) is 10.7. The van der Waals surface area contributed by atoms with Crippen LogP contribution in [0.5, 0.6) is 0 Å². The van der Waals surface area contributed by atoms with Crippen molar-refractivity contribution >= 4 is 35.2 Å². The lowest BCUT2D eigenvalue weighted by Crippen LogP contribution is -2.48. The third-order valence-corrected chi connectivity index (χ3v) is 6.26. The van der Waals surface area contributed by atoms with Gasteiger partial charge < -0.3 is 10.2 Å². The van der Waals surface area contributed by atoms with Crippen LogP contribution in [-0.4, -0.2) is 35.1 Å². The van der Waals surface area contributed by atoms with Crippen molar-refractivity contribution in [2.75, 3.05) is 12.3 Å². The molecule has 1 aliphatic heterocycles. The molecule has 2 aromatic carbocycles. The Kier molecular flexibility index (Phi) is 6.97. The minimum atomic E-state index is -0.640. The molecule has 3 rings (SSSR count). The third kappa shape index (κ3) is 4.50. The van der Waals surface area contributed by atoms with E-state index in [-0.39, 0.29) is 17.6 Å². The van der Waals surface area contributed by atoms with Gasteiger partial charge in [-0.1, -0.05) is 49.2 Å². The molecule has 1 fully saturated rings. The van der Waals surface area contributed by atoms with Crippen LogP contribution in [0.25, 0.3) is 0 Å². The lowest BCUT2D eigenvalue weighted by Gasteiger charge is -2.29. The zero-order chi connectivity index (χ0) is 20.1. The summed E-state index contributed by atoms with van der Waals surface area (Å²) in [6.07, 6.45) is 1.84. The summed E-state index contributed by atoms with van der Waals surface area (Å²) in [6, 6.07) is 12.3. The van der Waals surface area contributed by atoms with Crippen molar-refractivity contribution in [3.63, 3.8) is 0 Å². The number of benzene rings is 2. The molecule has 0 aliphatic carbocycles. The van der Waals surface area contributed by atoms with Gasteiger partial charge in [-0.2, -0.15) is 0 Å². The zero-order valence-corrected chi connectivity index (χ0v) is 17.1. The van der Waals surface area contributed by atoms with Gasteiger partial charge in [-0.15, -0.1) is 11.8 Å². The van der Waals surface area contributed by atoms with E-state index < -0.39 is 11.4 Å². The van der Waals surface area contributed by atoms with Crippen molar-refractivity contribution in [2.45, 2.75) is 31.2 Å². The summed E-state index contributed by atoms with van der Waals surface area (Å²) in [6.45, 7) is 2.61. The molecule has 148 valence electrons. The maximum Gasteiger partial charge on any atom is 0.257 e. The van der Waals surface area contributed by atoms with Gasteiger partial charge in [-0.3, -0.25) is 9.59 Å². The van der Waals surface area contributed by atoms with Gasteiger partial charge in [-0.25, -0.2) is 4.39 Å². The fraction of sp³-hybridized carbons (Fsp3) is 0.333. The van der Waals surface area contributed by atoms with E-state index in [0.717, 1.165) is 12.8 Å². The minimum Gasteiger partial charge on any atom is -0.354 e. The van der Waals surface area contributed by atoms with Gasteiger partial charge in [0.1, 0.15) is 17.2 Å².